The first-order valence-electron chi connectivity index (χ1n) is 7.88. The van der Waals surface area contributed by atoms with Crippen molar-refractivity contribution in [1.82, 2.24) is 15.1 Å². The zero-order valence-corrected chi connectivity index (χ0v) is 15.8. The first-order valence-corrected chi connectivity index (χ1v) is 9.81. The summed E-state index contributed by atoms with van der Waals surface area (Å²) in [5, 5.41) is 3.41. The molecule has 0 fully saturated rings. The number of carbonyl (C=O) groups excluding carboxylic acids is 1. The van der Waals surface area contributed by atoms with E-state index in [1.807, 2.05) is 0 Å². The van der Waals surface area contributed by atoms with Crippen LogP contribution in [-0.2, 0) is 15.9 Å². The Kier molecular flexibility index (Phi) is 5.38. The average molecular weight is 426 g/mol. The van der Waals surface area contributed by atoms with E-state index in [0.29, 0.717) is 0 Å². The number of nitrogens with zero attached hydrogens (tertiary/aromatic N) is 4. The zero-order valence-electron chi connectivity index (χ0n) is 15.0. The van der Waals surface area contributed by atoms with Crippen LogP contribution in [0, 0.1) is 0 Å². The van der Waals surface area contributed by atoms with Crippen LogP contribution in [0.2, 0.25) is 0 Å². The van der Waals surface area contributed by atoms with Crippen LogP contribution in [0.4, 0.5) is 13.2 Å². The van der Waals surface area contributed by atoms with Gasteiger partial charge in [0.15, 0.2) is 0 Å². The molecule has 0 N–H and O–H groups in total. The summed E-state index contributed by atoms with van der Waals surface area (Å²) < 4.78 is 63.6. The summed E-state index contributed by atoms with van der Waals surface area (Å²) in [5.41, 5.74) is 0.0842. The predicted octanol–water partition coefficient (Wildman–Crippen LogP) is 3.46. The fourth-order valence-corrected chi connectivity index (χ4v) is 3.38. The molecule has 3 rings (SSSR count). The fraction of sp³-hybridized carbons (Fsp3) is 0.176. The molecule has 1 aromatic carbocycles. The lowest BCUT2D eigenvalue weighted by Gasteiger charge is -2.08. The van der Waals surface area contributed by atoms with Gasteiger partial charge in [-0.05, 0) is 30.3 Å². The van der Waals surface area contributed by atoms with Gasteiger partial charge < -0.3 is 9.26 Å². The lowest BCUT2D eigenvalue weighted by Crippen LogP contribution is -2.07. The molecule has 29 heavy (non-hydrogen) atoms. The number of benzene rings is 1. The van der Waals surface area contributed by atoms with Crippen LogP contribution in [0.25, 0.3) is 11.4 Å². The maximum absolute atomic E-state index is 12.7. The molecule has 0 saturated heterocycles. The molecule has 0 bridgehead atoms. The Balaban J connectivity index is 1.97. The Morgan fingerprint density at radius 2 is 2.00 bits per heavy atom. The van der Waals surface area contributed by atoms with Crippen molar-refractivity contribution < 1.29 is 31.4 Å². The maximum atomic E-state index is 12.7. The van der Waals surface area contributed by atoms with Crippen LogP contribution >= 0.6 is 0 Å². The van der Waals surface area contributed by atoms with Gasteiger partial charge in [-0.25, -0.2) is 9.19 Å². The van der Waals surface area contributed by atoms with Crippen molar-refractivity contribution in [2.24, 2.45) is 4.36 Å². The van der Waals surface area contributed by atoms with Gasteiger partial charge in [-0.15, -0.1) is 0 Å². The highest BCUT2D eigenvalue weighted by Crippen LogP contribution is 2.31. The smallest absolute Gasteiger partial charge is 0.471 e. The number of methoxy groups -OCH3 is 1. The first kappa shape index (κ1) is 20.5. The molecule has 0 saturated carbocycles. The van der Waals surface area contributed by atoms with Crippen molar-refractivity contribution in [2.45, 2.75) is 11.2 Å². The van der Waals surface area contributed by atoms with Crippen LogP contribution in [0.3, 0.4) is 0 Å². The number of carbonyl (C=O) groups is 1. The molecule has 1 atom stereocenters. The third-order valence-electron chi connectivity index (χ3n) is 3.64. The summed E-state index contributed by atoms with van der Waals surface area (Å²) in [5.74, 6) is -2.68. The summed E-state index contributed by atoms with van der Waals surface area (Å²) >= 11 is 0. The predicted molar refractivity (Wildman–Crippen MR) is 94.6 cm³/mol. The van der Waals surface area contributed by atoms with E-state index in [4.69, 9.17) is 4.74 Å². The number of ether oxygens (including phenoxy) is 1. The van der Waals surface area contributed by atoms with Crippen LogP contribution in [0.15, 0.2) is 56.5 Å². The van der Waals surface area contributed by atoms with Gasteiger partial charge in [-0.3, -0.25) is 4.79 Å². The number of amides is 1. The van der Waals surface area contributed by atoms with Crippen LogP contribution in [-0.4, -0.2) is 38.6 Å². The molecule has 2 aromatic heterocycles. The molecule has 0 spiro atoms. The van der Waals surface area contributed by atoms with Crippen molar-refractivity contribution in [2.75, 3.05) is 13.4 Å². The topological polar surface area (TPSA) is 108 Å². The molecule has 1 amide bonds. The summed E-state index contributed by atoms with van der Waals surface area (Å²) in [6, 6.07) is 8.54. The molecule has 12 heteroatoms. The molecular formula is C17H13F3N4O4S. The van der Waals surface area contributed by atoms with Gasteiger partial charge in [-0.2, -0.15) is 22.5 Å². The number of hydrogen-bond donors (Lipinski definition) is 0. The molecule has 1 unspecified atom stereocenters. The SMILES string of the molecule is COc1cc(-c2noc(C(F)(F)F)n2)ccc1C(=O)N=S(C)(=O)c1ccccn1. The van der Waals surface area contributed by atoms with Crippen LogP contribution in [0.1, 0.15) is 16.2 Å². The van der Waals surface area contributed by atoms with Gasteiger partial charge >= 0.3 is 12.1 Å². The van der Waals surface area contributed by atoms with Crippen molar-refractivity contribution in [3.63, 3.8) is 0 Å². The van der Waals surface area contributed by atoms with Crippen molar-refractivity contribution >= 4 is 15.6 Å². The van der Waals surface area contributed by atoms with E-state index in [-0.39, 0.29) is 27.7 Å². The monoisotopic (exact) mass is 426 g/mol. The molecule has 8 nitrogen and oxygen atoms in total. The highest BCUT2D eigenvalue weighted by atomic mass is 32.2. The number of aromatic nitrogens is 3. The molecule has 152 valence electrons. The minimum Gasteiger partial charge on any atom is -0.496 e. The maximum Gasteiger partial charge on any atom is 0.471 e. The lowest BCUT2D eigenvalue weighted by molar-refractivity contribution is -0.159. The number of rotatable bonds is 4. The highest BCUT2D eigenvalue weighted by Gasteiger charge is 2.38. The van der Waals surface area contributed by atoms with E-state index in [2.05, 4.69) is 24.0 Å². The van der Waals surface area contributed by atoms with Gasteiger partial charge in [-0.1, -0.05) is 11.2 Å². The van der Waals surface area contributed by atoms with Gasteiger partial charge in [0.25, 0.3) is 5.91 Å². The average Bonchev–Trinajstić information content (AvgIpc) is 3.18. The van der Waals surface area contributed by atoms with Crippen LogP contribution in [0.5, 0.6) is 5.75 Å². The second-order valence-corrected chi connectivity index (χ2v) is 7.91. The summed E-state index contributed by atoms with van der Waals surface area (Å²) in [7, 11) is -1.85. The van der Waals surface area contributed by atoms with E-state index in [9.17, 15) is 22.2 Å². The zero-order chi connectivity index (χ0) is 21.2. The second-order valence-electron chi connectivity index (χ2n) is 5.70. The molecule has 0 aliphatic heterocycles. The molecule has 0 aliphatic rings. The third kappa shape index (κ3) is 4.42. The van der Waals surface area contributed by atoms with E-state index in [1.54, 1.807) is 12.1 Å². The van der Waals surface area contributed by atoms with Gasteiger partial charge in [0.2, 0.25) is 5.82 Å². The minimum absolute atomic E-state index is 0.00849. The fourth-order valence-electron chi connectivity index (χ4n) is 2.29. The van der Waals surface area contributed by atoms with Gasteiger partial charge in [0, 0.05) is 18.0 Å². The Labute approximate surface area is 162 Å². The van der Waals surface area contributed by atoms with E-state index in [0.717, 1.165) is 0 Å². The molecule has 0 aliphatic carbocycles. The van der Waals surface area contributed by atoms with Crippen molar-refractivity contribution in [1.29, 1.82) is 0 Å². The van der Waals surface area contributed by atoms with Crippen molar-refractivity contribution in [3.8, 4) is 17.1 Å². The van der Waals surface area contributed by atoms with E-state index >= 15 is 0 Å². The quantitative estimate of drug-likeness (QED) is 0.629. The largest absolute Gasteiger partial charge is 0.496 e. The summed E-state index contributed by atoms with van der Waals surface area (Å²) in [6.07, 6.45) is -2.09. The third-order valence-corrected chi connectivity index (χ3v) is 5.17. The van der Waals surface area contributed by atoms with Crippen molar-refractivity contribution in [3.05, 3.63) is 54.0 Å². The number of pyridine rings is 1. The second kappa shape index (κ2) is 7.62. The lowest BCUT2D eigenvalue weighted by atomic mass is 10.1. The first-order chi connectivity index (χ1) is 13.6. The Morgan fingerprint density at radius 1 is 1.24 bits per heavy atom. The normalized spacial score (nSPS) is 13.6. The number of hydrogen-bond acceptors (Lipinski definition) is 7. The standard InChI is InChI=1S/C17H13F3N4O4S/c1-27-12-9-10(14-22-16(28-23-14)17(18,19)20)6-7-11(12)15(25)24-29(2,26)13-5-3-4-8-21-13/h3-9H,1-2H3. The molecule has 0 radical (unpaired) electrons. The molecule has 2 heterocycles. The molecular weight excluding hydrogens is 413 g/mol. The Morgan fingerprint density at radius 3 is 2.59 bits per heavy atom. The number of alkyl halides is 3. The minimum atomic E-state index is -4.78. The highest BCUT2D eigenvalue weighted by molar-refractivity contribution is 7.93. The Hall–Kier alpha value is -3.28. The van der Waals surface area contributed by atoms with Gasteiger partial charge in [0.05, 0.1) is 22.4 Å². The summed E-state index contributed by atoms with van der Waals surface area (Å²) in [6.45, 7) is 0. The van der Waals surface area contributed by atoms with E-state index < -0.39 is 27.7 Å². The van der Waals surface area contributed by atoms with Crippen LogP contribution < -0.4 is 4.74 Å². The number of halogens is 3. The Bertz CT molecular complexity index is 1170. The summed E-state index contributed by atoms with van der Waals surface area (Å²) in [4.78, 5) is 19.8. The molecule has 3 aromatic rings. The van der Waals surface area contributed by atoms with Gasteiger partial charge in [0.1, 0.15) is 10.8 Å². The van der Waals surface area contributed by atoms with E-state index in [1.165, 1.54) is 43.8 Å².